The van der Waals surface area contributed by atoms with E-state index in [1.54, 1.807) is 12.4 Å². The molecule has 0 bridgehead atoms. The average molecular weight is 274 g/mol. The molecular weight excluding hydrogens is 260 g/mol. The number of oxazole rings is 1. The van der Waals surface area contributed by atoms with Gasteiger partial charge in [-0.15, -0.1) is 0 Å². The van der Waals surface area contributed by atoms with Crippen LogP contribution in [0.4, 0.5) is 0 Å². The fourth-order valence-corrected chi connectivity index (χ4v) is 2.29. The van der Waals surface area contributed by atoms with Crippen molar-refractivity contribution < 1.29 is 4.42 Å². The highest BCUT2D eigenvalue weighted by Gasteiger charge is 2.10. The molecule has 3 aromatic rings. The number of fused-ring (bicyclic) bond motifs is 1. The smallest absolute Gasteiger partial charge is 0.214 e. The third-order valence-corrected chi connectivity index (χ3v) is 3.44. The number of aromatic nitrogens is 4. The van der Waals surface area contributed by atoms with Crippen LogP contribution in [0.3, 0.4) is 0 Å². The van der Waals surface area contributed by atoms with E-state index in [0.29, 0.717) is 17.2 Å². The van der Waals surface area contributed by atoms with Crippen LogP contribution < -0.4 is 0 Å². The van der Waals surface area contributed by atoms with Gasteiger partial charge in [0, 0.05) is 12.6 Å². The van der Waals surface area contributed by atoms with Gasteiger partial charge in [0.25, 0.3) is 0 Å². The zero-order valence-corrected chi connectivity index (χ0v) is 11.6. The minimum Gasteiger partial charge on any atom is -0.444 e. The summed E-state index contributed by atoms with van der Waals surface area (Å²) in [6, 6.07) is 1.96. The summed E-state index contributed by atoms with van der Waals surface area (Å²) < 4.78 is 8.16. The predicted octanol–water partition coefficient (Wildman–Crippen LogP) is 3.00. The molecule has 0 spiro atoms. The molecule has 0 aliphatic rings. The Kier molecular flexibility index (Phi) is 2.94. The fourth-order valence-electron chi connectivity index (χ4n) is 2.04. The first-order valence-corrected chi connectivity index (χ1v) is 6.57. The van der Waals surface area contributed by atoms with Gasteiger partial charge in [0.15, 0.2) is 10.4 Å². The molecular formula is C13H14N4OS. The number of aryl methyl sites for hydroxylation is 2. The van der Waals surface area contributed by atoms with Crippen LogP contribution in [0, 0.1) is 11.7 Å². The maximum atomic E-state index is 5.62. The Hall–Kier alpha value is -1.95. The van der Waals surface area contributed by atoms with E-state index < -0.39 is 0 Å². The minimum absolute atomic E-state index is 0.495. The molecule has 3 rings (SSSR count). The number of nitrogens with one attached hydrogen (secondary N) is 1. The lowest BCUT2D eigenvalue weighted by molar-refractivity contribution is 0.447. The molecule has 0 aliphatic heterocycles. The third kappa shape index (κ3) is 2.08. The number of rotatable bonds is 3. The van der Waals surface area contributed by atoms with Gasteiger partial charge >= 0.3 is 0 Å². The molecule has 0 aromatic carbocycles. The Morgan fingerprint density at radius 2 is 2.26 bits per heavy atom. The van der Waals surface area contributed by atoms with Crippen LogP contribution in [0.15, 0.2) is 22.9 Å². The van der Waals surface area contributed by atoms with Crippen LogP contribution in [0.1, 0.15) is 24.1 Å². The van der Waals surface area contributed by atoms with Crippen molar-refractivity contribution in [3.63, 3.8) is 0 Å². The zero-order chi connectivity index (χ0) is 13.4. The van der Waals surface area contributed by atoms with E-state index in [1.807, 2.05) is 24.5 Å². The van der Waals surface area contributed by atoms with Crippen molar-refractivity contribution in [3.8, 4) is 0 Å². The summed E-state index contributed by atoms with van der Waals surface area (Å²) >= 11 is 5.34. The first kappa shape index (κ1) is 12.1. The van der Waals surface area contributed by atoms with Crippen LogP contribution in [0.25, 0.3) is 11.2 Å². The van der Waals surface area contributed by atoms with E-state index in [1.165, 1.54) is 0 Å². The van der Waals surface area contributed by atoms with Crippen LogP contribution in [-0.4, -0.2) is 19.5 Å². The molecule has 5 nitrogen and oxygen atoms in total. The first-order valence-electron chi connectivity index (χ1n) is 6.16. The summed E-state index contributed by atoms with van der Waals surface area (Å²) in [5.74, 6) is 1.53. The molecule has 1 N–H and O–H groups in total. The van der Waals surface area contributed by atoms with Gasteiger partial charge < -0.3 is 9.40 Å². The summed E-state index contributed by atoms with van der Waals surface area (Å²) in [6.45, 7) is 4.56. The van der Waals surface area contributed by atoms with Crippen LogP contribution in [-0.2, 0) is 13.0 Å². The summed E-state index contributed by atoms with van der Waals surface area (Å²) in [7, 11) is 0. The number of hydrogen-bond donors (Lipinski definition) is 1. The van der Waals surface area contributed by atoms with Gasteiger partial charge in [0.2, 0.25) is 5.89 Å². The molecule has 0 unspecified atom stereocenters. The normalized spacial score (nSPS) is 11.3. The van der Waals surface area contributed by atoms with E-state index >= 15 is 0 Å². The summed E-state index contributed by atoms with van der Waals surface area (Å²) in [5, 5.41) is 0. The van der Waals surface area contributed by atoms with Gasteiger partial charge in [0.1, 0.15) is 12.3 Å². The highest BCUT2D eigenvalue weighted by molar-refractivity contribution is 7.71. The lowest BCUT2D eigenvalue weighted by Gasteiger charge is -2.00. The second-order valence-electron chi connectivity index (χ2n) is 4.42. The summed E-state index contributed by atoms with van der Waals surface area (Å²) in [5.41, 5.74) is 2.92. The molecule has 0 fully saturated rings. The van der Waals surface area contributed by atoms with E-state index in [9.17, 15) is 0 Å². The maximum absolute atomic E-state index is 5.62. The lowest BCUT2D eigenvalue weighted by Crippen LogP contribution is -2.01. The van der Waals surface area contributed by atoms with E-state index in [4.69, 9.17) is 16.6 Å². The van der Waals surface area contributed by atoms with Gasteiger partial charge in [-0.25, -0.2) is 9.97 Å². The van der Waals surface area contributed by atoms with Gasteiger partial charge in [-0.2, -0.15) is 0 Å². The van der Waals surface area contributed by atoms with Gasteiger partial charge in [-0.1, -0.05) is 6.92 Å². The van der Waals surface area contributed by atoms with Crippen molar-refractivity contribution in [2.24, 2.45) is 0 Å². The van der Waals surface area contributed by atoms with Gasteiger partial charge in [-0.05, 0) is 30.8 Å². The van der Waals surface area contributed by atoms with Crippen molar-refractivity contribution >= 4 is 23.4 Å². The summed E-state index contributed by atoms with van der Waals surface area (Å²) in [6.07, 6.45) is 4.37. The number of aromatic amines is 1. The molecule has 0 atom stereocenters. The van der Waals surface area contributed by atoms with Crippen LogP contribution in [0.2, 0.25) is 0 Å². The molecule has 0 saturated carbocycles. The molecule has 6 heteroatoms. The molecule has 0 amide bonds. The van der Waals surface area contributed by atoms with Crippen molar-refractivity contribution in [3.05, 3.63) is 40.4 Å². The van der Waals surface area contributed by atoms with E-state index in [2.05, 4.69) is 15.0 Å². The molecule has 98 valence electrons. The minimum atomic E-state index is 0.495. The molecule has 3 aromatic heterocycles. The van der Waals surface area contributed by atoms with Crippen LogP contribution >= 0.6 is 12.2 Å². The second-order valence-corrected chi connectivity index (χ2v) is 4.80. The van der Waals surface area contributed by atoms with Gasteiger partial charge in [-0.3, -0.25) is 4.57 Å². The highest BCUT2D eigenvalue weighted by Crippen LogP contribution is 2.17. The lowest BCUT2D eigenvalue weighted by atomic mass is 10.3. The molecule has 0 saturated heterocycles. The molecule has 0 aliphatic carbocycles. The topological polar surface area (TPSA) is 59.6 Å². The monoisotopic (exact) mass is 274 g/mol. The molecule has 19 heavy (non-hydrogen) atoms. The largest absolute Gasteiger partial charge is 0.444 e. The van der Waals surface area contributed by atoms with Crippen molar-refractivity contribution in [1.29, 1.82) is 0 Å². The third-order valence-electron chi connectivity index (χ3n) is 3.12. The zero-order valence-electron chi connectivity index (χ0n) is 10.8. The number of H-pyrrole nitrogens is 1. The predicted molar refractivity (Wildman–Crippen MR) is 74.6 cm³/mol. The molecule has 0 radical (unpaired) electrons. The van der Waals surface area contributed by atoms with Crippen molar-refractivity contribution in [2.45, 2.75) is 26.8 Å². The van der Waals surface area contributed by atoms with Crippen LogP contribution in [0.5, 0.6) is 0 Å². The first-order chi connectivity index (χ1) is 9.19. The number of hydrogen-bond acceptors (Lipinski definition) is 4. The van der Waals surface area contributed by atoms with Gasteiger partial charge in [0.05, 0.1) is 11.7 Å². The van der Waals surface area contributed by atoms with E-state index in [0.717, 1.165) is 28.9 Å². The number of imidazole rings is 1. The van der Waals surface area contributed by atoms with Crippen molar-refractivity contribution in [1.82, 2.24) is 19.5 Å². The highest BCUT2D eigenvalue weighted by atomic mass is 32.1. The standard InChI is InChI=1S/C13H14N4OS/c1-3-9-6-15-10(18-9)7-17-12-11(16-13(17)19)8(2)4-5-14-12/h4-6H,3,7H2,1-2H3,(H,16,19). The number of nitrogens with zero attached hydrogens (tertiary/aromatic N) is 3. The Balaban J connectivity index is 2.07. The Morgan fingerprint density at radius 3 is 3.00 bits per heavy atom. The van der Waals surface area contributed by atoms with Crippen molar-refractivity contribution in [2.75, 3.05) is 0 Å². The summed E-state index contributed by atoms with van der Waals surface area (Å²) in [4.78, 5) is 11.8. The average Bonchev–Trinajstić information content (AvgIpc) is 2.97. The quantitative estimate of drug-likeness (QED) is 0.746. The fraction of sp³-hybridized carbons (Fsp3) is 0.308. The SMILES string of the molecule is CCc1cnc(Cn2c(=S)[nH]c3c(C)ccnc32)o1. The van der Waals surface area contributed by atoms with E-state index in [-0.39, 0.29) is 0 Å². The second kappa shape index (κ2) is 4.62. The Bertz CT molecular complexity index is 783. The molecule has 3 heterocycles. The Morgan fingerprint density at radius 1 is 1.42 bits per heavy atom. The maximum Gasteiger partial charge on any atom is 0.214 e. The Labute approximate surface area is 115 Å². The number of pyridine rings is 1.